The Morgan fingerprint density at radius 2 is 1.84 bits per heavy atom. The molecule has 1 amide bonds. The molecule has 6 nitrogen and oxygen atoms in total. The number of carbonyl (C=O) groups is 2. The minimum absolute atomic E-state index is 0.00460. The maximum Gasteiger partial charge on any atom is 0.410 e. The third kappa shape index (κ3) is 5.54. The molecule has 0 bridgehead atoms. The zero-order valence-electron chi connectivity index (χ0n) is 19.7. The lowest BCUT2D eigenvalue weighted by Gasteiger charge is -2.44. The minimum Gasteiger partial charge on any atom is -0.463 e. The third-order valence-electron chi connectivity index (χ3n) is 5.84. The third-order valence-corrected chi connectivity index (χ3v) is 6.34. The lowest BCUT2D eigenvalue weighted by molar-refractivity contribution is -0.146. The van der Waals surface area contributed by atoms with Crippen LogP contribution in [0.3, 0.4) is 0 Å². The molecular formula is C24H35BrN2O4. The van der Waals surface area contributed by atoms with Crippen molar-refractivity contribution in [2.75, 3.05) is 25.1 Å². The van der Waals surface area contributed by atoms with Crippen LogP contribution >= 0.6 is 15.9 Å². The van der Waals surface area contributed by atoms with Gasteiger partial charge in [-0.1, -0.05) is 36.7 Å². The number of anilines is 1. The summed E-state index contributed by atoms with van der Waals surface area (Å²) in [5.41, 5.74) is 1.49. The van der Waals surface area contributed by atoms with Crippen LogP contribution in [0.15, 0.2) is 22.7 Å². The molecule has 2 aliphatic heterocycles. The summed E-state index contributed by atoms with van der Waals surface area (Å²) in [5, 5.41) is 0. The van der Waals surface area contributed by atoms with Gasteiger partial charge in [0.05, 0.1) is 18.5 Å². The fourth-order valence-corrected chi connectivity index (χ4v) is 4.97. The molecule has 2 heterocycles. The molecule has 7 heteroatoms. The summed E-state index contributed by atoms with van der Waals surface area (Å²) in [6.07, 6.45) is 0.922. The van der Waals surface area contributed by atoms with Crippen molar-refractivity contribution in [3.05, 3.63) is 28.2 Å². The number of rotatable bonds is 3. The summed E-state index contributed by atoms with van der Waals surface area (Å²) in [6, 6.07) is 6.05. The van der Waals surface area contributed by atoms with Crippen LogP contribution in [0.1, 0.15) is 66.0 Å². The van der Waals surface area contributed by atoms with Crippen LogP contribution < -0.4 is 4.90 Å². The van der Waals surface area contributed by atoms with Crippen LogP contribution in [0, 0.1) is 11.3 Å². The summed E-state index contributed by atoms with van der Waals surface area (Å²) < 4.78 is 12.4. The van der Waals surface area contributed by atoms with Crippen molar-refractivity contribution in [2.24, 2.45) is 11.3 Å². The van der Waals surface area contributed by atoms with Crippen molar-refractivity contribution in [1.29, 1.82) is 0 Å². The van der Waals surface area contributed by atoms with Gasteiger partial charge in [-0.15, -0.1) is 0 Å². The highest BCUT2D eigenvalue weighted by Crippen LogP contribution is 2.49. The van der Waals surface area contributed by atoms with Crippen molar-refractivity contribution in [3.8, 4) is 0 Å². The molecule has 31 heavy (non-hydrogen) atoms. The molecule has 0 aromatic heterocycles. The second-order valence-electron chi connectivity index (χ2n) is 10.9. The molecule has 0 saturated carbocycles. The molecule has 3 rings (SSSR count). The van der Waals surface area contributed by atoms with Crippen LogP contribution in [-0.2, 0) is 14.3 Å². The van der Waals surface area contributed by atoms with Crippen molar-refractivity contribution >= 4 is 33.7 Å². The number of likely N-dealkylation sites (N-methyl/N-ethyl adjacent to an activating group) is 1. The Kier molecular flexibility index (Phi) is 6.66. The van der Waals surface area contributed by atoms with Gasteiger partial charge in [0.15, 0.2) is 0 Å². The fraction of sp³-hybridized carbons (Fsp3) is 0.667. The Hall–Kier alpha value is -1.76. The summed E-state index contributed by atoms with van der Waals surface area (Å²) in [7, 11) is 2.04. The van der Waals surface area contributed by atoms with Crippen molar-refractivity contribution in [1.82, 2.24) is 4.90 Å². The number of amides is 1. The molecular weight excluding hydrogens is 460 g/mol. The first kappa shape index (κ1) is 23.9. The second kappa shape index (κ2) is 8.64. The van der Waals surface area contributed by atoms with Gasteiger partial charge in [0.1, 0.15) is 12.2 Å². The first-order valence-corrected chi connectivity index (χ1v) is 11.7. The van der Waals surface area contributed by atoms with Gasteiger partial charge in [-0.05, 0) is 56.4 Å². The molecule has 2 aliphatic rings. The Labute approximate surface area is 194 Å². The normalized spacial score (nSPS) is 23.3. The van der Waals surface area contributed by atoms with E-state index in [0.717, 1.165) is 22.1 Å². The number of carbonyl (C=O) groups excluding carboxylic acids is 2. The van der Waals surface area contributed by atoms with E-state index in [4.69, 9.17) is 9.47 Å². The lowest BCUT2D eigenvalue weighted by atomic mass is 9.82. The zero-order valence-corrected chi connectivity index (χ0v) is 21.3. The van der Waals surface area contributed by atoms with E-state index in [1.54, 1.807) is 0 Å². The van der Waals surface area contributed by atoms with Gasteiger partial charge < -0.3 is 19.3 Å². The molecule has 172 valence electrons. The van der Waals surface area contributed by atoms with Crippen molar-refractivity contribution in [3.63, 3.8) is 0 Å². The number of halogens is 1. The lowest BCUT2D eigenvalue weighted by Crippen LogP contribution is -2.49. The van der Waals surface area contributed by atoms with Gasteiger partial charge in [-0.25, -0.2) is 4.79 Å². The number of benzene rings is 1. The number of fused-ring (bicyclic) bond motifs is 3. The first-order valence-electron chi connectivity index (χ1n) is 10.9. The number of likely N-dealkylation sites (tertiary alicyclic amines) is 1. The molecule has 1 saturated heterocycles. The van der Waals surface area contributed by atoms with Gasteiger partial charge >= 0.3 is 12.1 Å². The predicted molar refractivity (Wildman–Crippen MR) is 125 cm³/mol. The SMILES string of the molecule is CN1c2ccc(Br)cc2C2[C@H](CCN2C(=O)OC(C)(C)C)[C@@H]1COC(=O)CC(C)(C)C. The van der Waals surface area contributed by atoms with Crippen LogP contribution in [-0.4, -0.2) is 48.8 Å². The topological polar surface area (TPSA) is 59.1 Å². The maximum absolute atomic E-state index is 13.0. The largest absolute Gasteiger partial charge is 0.463 e. The summed E-state index contributed by atoms with van der Waals surface area (Å²) in [5.74, 6) is -0.0252. The molecule has 1 aromatic rings. The number of hydrogen-bond donors (Lipinski definition) is 0. The maximum atomic E-state index is 13.0. The zero-order chi connectivity index (χ0) is 23.1. The van der Waals surface area contributed by atoms with E-state index < -0.39 is 5.60 Å². The Balaban J connectivity index is 1.88. The van der Waals surface area contributed by atoms with Gasteiger partial charge in [0, 0.05) is 29.7 Å². The van der Waals surface area contributed by atoms with E-state index in [-0.39, 0.29) is 35.5 Å². The number of nitrogens with zero attached hydrogens (tertiary/aromatic N) is 2. The van der Waals surface area contributed by atoms with Crippen LogP contribution in [0.25, 0.3) is 0 Å². The number of ether oxygens (including phenoxy) is 2. The predicted octanol–water partition coefficient (Wildman–Crippen LogP) is 5.55. The summed E-state index contributed by atoms with van der Waals surface area (Å²) in [6.45, 7) is 12.7. The van der Waals surface area contributed by atoms with Crippen molar-refractivity contribution < 1.29 is 19.1 Å². The second-order valence-corrected chi connectivity index (χ2v) is 11.8. The summed E-state index contributed by atoms with van der Waals surface area (Å²) in [4.78, 5) is 29.4. The highest BCUT2D eigenvalue weighted by Gasteiger charge is 2.49. The van der Waals surface area contributed by atoms with E-state index in [9.17, 15) is 9.59 Å². The van der Waals surface area contributed by atoms with Crippen molar-refractivity contribution in [2.45, 2.75) is 72.1 Å². The van der Waals surface area contributed by atoms with E-state index in [1.807, 2.05) is 59.6 Å². The Morgan fingerprint density at radius 1 is 1.16 bits per heavy atom. The standard InChI is InChI=1S/C24H35BrN2O4/c1-23(2,3)13-20(28)30-14-19-16-10-11-27(22(29)31-24(4,5)6)21(16)17-12-15(25)8-9-18(17)26(19)7/h8-9,12,16,19,21H,10-11,13-14H2,1-7H3/t16-,19+,21?/m1/s1. The molecule has 1 unspecified atom stereocenters. The van der Waals surface area contributed by atoms with Gasteiger partial charge in [-0.2, -0.15) is 0 Å². The quantitative estimate of drug-likeness (QED) is 0.515. The Morgan fingerprint density at radius 3 is 2.45 bits per heavy atom. The van der Waals surface area contributed by atoms with Gasteiger partial charge in [0.25, 0.3) is 0 Å². The average molecular weight is 495 g/mol. The molecule has 3 atom stereocenters. The fourth-order valence-electron chi connectivity index (χ4n) is 4.59. The van der Waals surface area contributed by atoms with E-state index in [0.29, 0.717) is 19.6 Å². The molecule has 0 spiro atoms. The molecule has 0 aliphatic carbocycles. The van der Waals surface area contributed by atoms with Crippen LogP contribution in [0.4, 0.5) is 10.5 Å². The highest BCUT2D eigenvalue weighted by atomic mass is 79.9. The molecule has 1 aromatic carbocycles. The molecule has 0 N–H and O–H groups in total. The van der Waals surface area contributed by atoms with Gasteiger partial charge in [0.2, 0.25) is 0 Å². The van der Waals surface area contributed by atoms with E-state index >= 15 is 0 Å². The van der Waals surface area contributed by atoms with Gasteiger partial charge in [-0.3, -0.25) is 4.79 Å². The monoisotopic (exact) mass is 494 g/mol. The highest BCUT2D eigenvalue weighted by molar-refractivity contribution is 9.10. The average Bonchev–Trinajstić information content (AvgIpc) is 3.03. The molecule has 0 radical (unpaired) electrons. The van der Waals surface area contributed by atoms with E-state index in [1.165, 1.54) is 0 Å². The summed E-state index contributed by atoms with van der Waals surface area (Å²) >= 11 is 3.58. The van der Waals surface area contributed by atoms with Crippen LogP contribution in [0.2, 0.25) is 0 Å². The smallest absolute Gasteiger partial charge is 0.410 e. The van der Waals surface area contributed by atoms with E-state index in [2.05, 4.69) is 33.0 Å². The minimum atomic E-state index is -0.553. The van der Waals surface area contributed by atoms with Crippen LogP contribution in [0.5, 0.6) is 0 Å². The number of hydrogen-bond acceptors (Lipinski definition) is 5. The number of esters is 1. The Bertz CT molecular complexity index is 843. The first-order chi connectivity index (χ1) is 14.3. The molecule has 1 fully saturated rings.